The van der Waals surface area contributed by atoms with E-state index in [4.69, 9.17) is 16.3 Å². The fourth-order valence-corrected chi connectivity index (χ4v) is 3.27. The van der Waals surface area contributed by atoms with Crippen LogP contribution in [-0.4, -0.2) is 13.7 Å². The molecule has 1 aromatic carbocycles. The number of nitrogens with one attached hydrogen (secondary N) is 1. The summed E-state index contributed by atoms with van der Waals surface area (Å²) in [6.45, 7) is 0.794. The minimum Gasteiger partial charge on any atom is -0.493 e. The SMILES string of the molecule is CNC(CC1CCC1)c1cc(Cl)cc2c1OCC2. The first-order valence-electron chi connectivity index (χ1n) is 6.90. The van der Waals surface area contributed by atoms with Crippen LogP contribution in [0.25, 0.3) is 0 Å². The number of hydrogen-bond donors (Lipinski definition) is 1. The first-order valence-corrected chi connectivity index (χ1v) is 7.28. The van der Waals surface area contributed by atoms with Crippen LogP contribution in [0.4, 0.5) is 0 Å². The molecule has 1 aliphatic carbocycles. The van der Waals surface area contributed by atoms with Gasteiger partial charge in [0.05, 0.1) is 6.61 Å². The van der Waals surface area contributed by atoms with Gasteiger partial charge in [-0.1, -0.05) is 30.9 Å². The van der Waals surface area contributed by atoms with E-state index in [1.165, 1.54) is 36.8 Å². The number of fused-ring (bicyclic) bond motifs is 1. The number of benzene rings is 1. The quantitative estimate of drug-likeness (QED) is 0.896. The molecule has 1 atom stereocenters. The van der Waals surface area contributed by atoms with E-state index in [2.05, 4.69) is 11.4 Å². The molecule has 18 heavy (non-hydrogen) atoms. The van der Waals surface area contributed by atoms with E-state index in [1.54, 1.807) is 0 Å². The summed E-state index contributed by atoms with van der Waals surface area (Å²) in [5, 5.41) is 4.27. The second kappa shape index (κ2) is 5.10. The van der Waals surface area contributed by atoms with Crippen LogP contribution >= 0.6 is 11.6 Å². The molecular weight excluding hydrogens is 246 g/mol. The van der Waals surface area contributed by atoms with Crippen LogP contribution in [0.1, 0.15) is 42.9 Å². The van der Waals surface area contributed by atoms with Crippen LogP contribution in [0.2, 0.25) is 5.02 Å². The number of ether oxygens (including phenoxy) is 1. The lowest BCUT2D eigenvalue weighted by Gasteiger charge is -2.30. The van der Waals surface area contributed by atoms with Crippen molar-refractivity contribution < 1.29 is 4.74 Å². The van der Waals surface area contributed by atoms with Crippen LogP contribution in [0.3, 0.4) is 0 Å². The van der Waals surface area contributed by atoms with E-state index < -0.39 is 0 Å². The molecule has 98 valence electrons. The normalized spacial score (nSPS) is 20.1. The Labute approximate surface area is 114 Å². The van der Waals surface area contributed by atoms with Gasteiger partial charge in [0, 0.05) is 23.0 Å². The zero-order chi connectivity index (χ0) is 12.5. The average Bonchev–Trinajstić information content (AvgIpc) is 2.75. The van der Waals surface area contributed by atoms with E-state index in [0.29, 0.717) is 6.04 Å². The molecule has 3 heteroatoms. The van der Waals surface area contributed by atoms with Gasteiger partial charge in [0.15, 0.2) is 0 Å². The Morgan fingerprint density at radius 1 is 1.44 bits per heavy atom. The van der Waals surface area contributed by atoms with Crippen molar-refractivity contribution in [1.82, 2.24) is 5.32 Å². The molecule has 1 saturated carbocycles. The van der Waals surface area contributed by atoms with Gasteiger partial charge in [-0.25, -0.2) is 0 Å². The summed E-state index contributed by atoms with van der Waals surface area (Å²) in [4.78, 5) is 0. The molecule has 1 aromatic rings. The van der Waals surface area contributed by atoms with Gasteiger partial charge in [0.25, 0.3) is 0 Å². The Morgan fingerprint density at radius 3 is 2.94 bits per heavy atom. The smallest absolute Gasteiger partial charge is 0.127 e. The van der Waals surface area contributed by atoms with Crippen molar-refractivity contribution in [2.75, 3.05) is 13.7 Å². The van der Waals surface area contributed by atoms with Gasteiger partial charge in [0.2, 0.25) is 0 Å². The highest BCUT2D eigenvalue weighted by Crippen LogP contribution is 2.41. The van der Waals surface area contributed by atoms with E-state index >= 15 is 0 Å². The number of rotatable bonds is 4. The molecule has 0 spiro atoms. The predicted molar refractivity (Wildman–Crippen MR) is 74.4 cm³/mol. The highest BCUT2D eigenvalue weighted by atomic mass is 35.5. The predicted octanol–water partition coefficient (Wildman–Crippen LogP) is 3.73. The Kier molecular flexibility index (Phi) is 3.49. The molecule has 0 bridgehead atoms. The molecule has 3 rings (SSSR count). The van der Waals surface area contributed by atoms with Gasteiger partial charge in [-0.05, 0) is 37.1 Å². The third-order valence-corrected chi connectivity index (χ3v) is 4.51. The summed E-state index contributed by atoms with van der Waals surface area (Å²) >= 11 is 6.23. The summed E-state index contributed by atoms with van der Waals surface area (Å²) in [6.07, 6.45) is 6.34. The van der Waals surface area contributed by atoms with E-state index in [1.807, 2.05) is 13.1 Å². The van der Waals surface area contributed by atoms with Crippen LogP contribution in [0, 0.1) is 5.92 Å². The lowest BCUT2D eigenvalue weighted by molar-refractivity contribution is 0.262. The van der Waals surface area contributed by atoms with Crippen molar-refractivity contribution in [3.63, 3.8) is 0 Å². The van der Waals surface area contributed by atoms with Crippen molar-refractivity contribution in [1.29, 1.82) is 0 Å². The molecule has 0 aromatic heterocycles. The van der Waals surface area contributed by atoms with Crippen molar-refractivity contribution in [2.24, 2.45) is 5.92 Å². The first kappa shape index (κ1) is 12.3. The van der Waals surface area contributed by atoms with E-state index in [0.717, 1.165) is 29.7 Å². The first-order chi connectivity index (χ1) is 8.78. The minimum absolute atomic E-state index is 0.376. The van der Waals surface area contributed by atoms with Crippen molar-refractivity contribution >= 4 is 11.6 Å². The number of halogens is 1. The maximum atomic E-state index is 6.23. The van der Waals surface area contributed by atoms with Gasteiger partial charge in [-0.15, -0.1) is 0 Å². The van der Waals surface area contributed by atoms with Crippen molar-refractivity contribution in [2.45, 2.75) is 38.1 Å². The van der Waals surface area contributed by atoms with Crippen LogP contribution in [0.15, 0.2) is 12.1 Å². The van der Waals surface area contributed by atoms with Gasteiger partial charge in [0.1, 0.15) is 5.75 Å². The molecule has 1 N–H and O–H groups in total. The van der Waals surface area contributed by atoms with Gasteiger partial charge in [-0.2, -0.15) is 0 Å². The molecule has 1 fully saturated rings. The van der Waals surface area contributed by atoms with Gasteiger partial charge in [-0.3, -0.25) is 0 Å². The molecule has 0 radical (unpaired) electrons. The highest BCUT2D eigenvalue weighted by molar-refractivity contribution is 6.30. The maximum absolute atomic E-state index is 6.23. The Morgan fingerprint density at radius 2 is 2.28 bits per heavy atom. The van der Waals surface area contributed by atoms with E-state index in [9.17, 15) is 0 Å². The molecular formula is C15H20ClNO. The van der Waals surface area contributed by atoms with Crippen LogP contribution in [-0.2, 0) is 6.42 Å². The zero-order valence-corrected chi connectivity index (χ0v) is 11.6. The van der Waals surface area contributed by atoms with Gasteiger partial charge >= 0.3 is 0 Å². The van der Waals surface area contributed by atoms with E-state index in [-0.39, 0.29) is 0 Å². The summed E-state index contributed by atoms with van der Waals surface area (Å²) < 4.78 is 5.80. The molecule has 1 unspecified atom stereocenters. The summed E-state index contributed by atoms with van der Waals surface area (Å²) in [5.41, 5.74) is 2.52. The third-order valence-electron chi connectivity index (χ3n) is 4.29. The molecule has 1 aliphatic heterocycles. The van der Waals surface area contributed by atoms with Crippen molar-refractivity contribution in [3.8, 4) is 5.75 Å². The Hall–Kier alpha value is -0.730. The van der Waals surface area contributed by atoms with Crippen molar-refractivity contribution in [3.05, 3.63) is 28.3 Å². The lowest BCUT2D eigenvalue weighted by atomic mass is 9.79. The molecule has 2 aliphatic rings. The van der Waals surface area contributed by atoms with Crippen LogP contribution < -0.4 is 10.1 Å². The third kappa shape index (κ3) is 2.24. The summed E-state index contributed by atoms with van der Waals surface area (Å²) in [6, 6.07) is 4.50. The van der Waals surface area contributed by atoms with Gasteiger partial charge < -0.3 is 10.1 Å². The monoisotopic (exact) mass is 265 g/mol. The standard InChI is InChI=1S/C15H20ClNO/c1-17-14(7-10-3-2-4-10)13-9-12(16)8-11-5-6-18-15(11)13/h8-10,14,17H,2-7H2,1H3. The fraction of sp³-hybridized carbons (Fsp3) is 0.600. The largest absolute Gasteiger partial charge is 0.493 e. The average molecular weight is 266 g/mol. The summed E-state index contributed by atoms with van der Waals surface area (Å²) in [7, 11) is 2.03. The summed E-state index contributed by atoms with van der Waals surface area (Å²) in [5.74, 6) is 1.96. The molecule has 0 amide bonds. The zero-order valence-electron chi connectivity index (χ0n) is 10.8. The Bertz CT molecular complexity index is 442. The second-order valence-corrected chi connectivity index (χ2v) is 5.89. The molecule has 2 nitrogen and oxygen atoms in total. The Balaban J connectivity index is 1.88. The highest BCUT2D eigenvalue weighted by Gasteiger charge is 2.27. The minimum atomic E-state index is 0.376. The van der Waals surface area contributed by atoms with Crippen LogP contribution in [0.5, 0.6) is 5.75 Å². The lowest BCUT2D eigenvalue weighted by Crippen LogP contribution is -2.23. The maximum Gasteiger partial charge on any atom is 0.127 e. The number of hydrogen-bond acceptors (Lipinski definition) is 2. The molecule has 1 heterocycles. The topological polar surface area (TPSA) is 21.3 Å². The second-order valence-electron chi connectivity index (χ2n) is 5.46. The fourth-order valence-electron chi connectivity index (χ4n) is 3.02. The molecule has 0 saturated heterocycles.